The van der Waals surface area contributed by atoms with Crippen LogP contribution in [0.2, 0.25) is 5.02 Å². The van der Waals surface area contributed by atoms with E-state index >= 15 is 0 Å². The molecule has 0 atom stereocenters. The Balaban J connectivity index is 2.22. The minimum atomic E-state index is 0.482. The van der Waals surface area contributed by atoms with E-state index in [4.69, 9.17) is 17.3 Å². The number of anilines is 1. The minimum Gasteiger partial charge on any atom is -0.383 e. The first-order valence-corrected chi connectivity index (χ1v) is 4.93. The van der Waals surface area contributed by atoms with E-state index in [0.29, 0.717) is 17.4 Å². The van der Waals surface area contributed by atoms with Gasteiger partial charge in [-0.25, -0.2) is 4.68 Å². The molecule has 0 aliphatic carbocycles. The second-order valence-electron chi connectivity index (χ2n) is 3.34. The number of aromatic nitrogens is 3. The molecule has 0 fully saturated rings. The van der Waals surface area contributed by atoms with Gasteiger partial charge in [-0.05, 0) is 18.6 Å². The van der Waals surface area contributed by atoms with Gasteiger partial charge in [0, 0.05) is 11.9 Å². The number of hydrogen-bond donors (Lipinski definition) is 1. The summed E-state index contributed by atoms with van der Waals surface area (Å²) in [5, 5.41) is 4.55. The first-order chi connectivity index (χ1) is 7.16. The van der Waals surface area contributed by atoms with Crippen molar-refractivity contribution in [1.82, 2.24) is 14.8 Å². The van der Waals surface area contributed by atoms with E-state index < -0.39 is 0 Å². The Morgan fingerprint density at radius 1 is 1.40 bits per heavy atom. The zero-order valence-electron chi connectivity index (χ0n) is 8.31. The molecule has 0 aliphatic rings. The van der Waals surface area contributed by atoms with E-state index in [1.54, 1.807) is 10.9 Å². The predicted molar refractivity (Wildman–Crippen MR) is 59.7 cm³/mol. The summed E-state index contributed by atoms with van der Waals surface area (Å²) in [6.45, 7) is 2.54. The second kappa shape index (κ2) is 3.90. The van der Waals surface area contributed by atoms with Crippen molar-refractivity contribution >= 4 is 17.4 Å². The maximum Gasteiger partial charge on any atom is 0.140 e. The molecule has 0 amide bonds. The molecule has 2 heterocycles. The van der Waals surface area contributed by atoms with Crippen molar-refractivity contribution in [2.75, 3.05) is 5.73 Å². The van der Waals surface area contributed by atoms with Crippen molar-refractivity contribution in [3.63, 3.8) is 0 Å². The number of pyridine rings is 1. The lowest BCUT2D eigenvalue weighted by molar-refractivity contribution is 0.694. The Morgan fingerprint density at radius 3 is 2.73 bits per heavy atom. The van der Waals surface area contributed by atoms with Crippen LogP contribution >= 0.6 is 11.6 Å². The molecule has 5 heteroatoms. The number of nitrogens with zero attached hydrogens (tertiary/aromatic N) is 3. The van der Waals surface area contributed by atoms with E-state index in [1.807, 2.05) is 25.3 Å². The topological polar surface area (TPSA) is 56.7 Å². The molecule has 78 valence electrons. The Kier molecular flexibility index (Phi) is 2.60. The van der Waals surface area contributed by atoms with Gasteiger partial charge in [-0.1, -0.05) is 17.7 Å². The minimum absolute atomic E-state index is 0.482. The van der Waals surface area contributed by atoms with Gasteiger partial charge in [0.1, 0.15) is 10.8 Å². The van der Waals surface area contributed by atoms with Gasteiger partial charge in [0.25, 0.3) is 0 Å². The fourth-order valence-corrected chi connectivity index (χ4v) is 1.40. The Labute approximate surface area is 92.7 Å². The highest BCUT2D eigenvalue weighted by Crippen LogP contribution is 2.17. The van der Waals surface area contributed by atoms with Crippen molar-refractivity contribution in [2.24, 2.45) is 0 Å². The third-order valence-electron chi connectivity index (χ3n) is 2.14. The number of halogens is 1. The monoisotopic (exact) mass is 222 g/mol. The number of aryl methyl sites for hydroxylation is 1. The maximum absolute atomic E-state index is 5.80. The molecule has 0 radical (unpaired) electrons. The third kappa shape index (κ3) is 2.10. The number of rotatable bonds is 2. The van der Waals surface area contributed by atoms with Gasteiger partial charge in [0.2, 0.25) is 0 Å². The van der Waals surface area contributed by atoms with Crippen LogP contribution in [0.15, 0.2) is 24.5 Å². The van der Waals surface area contributed by atoms with Gasteiger partial charge in [0.05, 0.1) is 12.7 Å². The van der Waals surface area contributed by atoms with Crippen molar-refractivity contribution in [1.29, 1.82) is 0 Å². The summed E-state index contributed by atoms with van der Waals surface area (Å²) < 4.78 is 1.65. The lowest BCUT2D eigenvalue weighted by Gasteiger charge is -2.04. The molecule has 0 aromatic carbocycles. The normalized spacial score (nSPS) is 10.5. The van der Waals surface area contributed by atoms with Gasteiger partial charge >= 0.3 is 0 Å². The van der Waals surface area contributed by atoms with E-state index in [2.05, 4.69) is 10.1 Å². The zero-order valence-corrected chi connectivity index (χ0v) is 9.07. The fourth-order valence-electron chi connectivity index (χ4n) is 1.26. The summed E-state index contributed by atoms with van der Waals surface area (Å²) in [7, 11) is 0. The highest BCUT2D eigenvalue weighted by molar-refractivity contribution is 6.32. The van der Waals surface area contributed by atoms with Crippen molar-refractivity contribution in [3.05, 3.63) is 40.8 Å². The summed E-state index contributed by atoms with van der Waals surface area (Å²) in [5.74, 6) is 0.484. The van der Waals surface area contributed by atoms with E-state index in [-0.39, 0.29) is 0 Å². The van der Waals surface area contributed by atoms with Crippen molar-refractivity contribution in [3.8, 4) is 0 Å². The van der Waals surface area contributed by atoms with Crippen LogP contribution in [-0.4, -0.2) is 14.8 Å². The van der Waals surface area contributed by atoms with Crippen LogP contribution in [0.3, 0.4) is 0 Å². The largest absolute Gasteiger partial charge is 0.383 e. The smallest absolute Gasteiger partial charge is 0.140 e. The quantitative estimate of drug-likeness (QED) is 0.844. The Bertz CT molecular complexity index is 461. The van der Waals surface area contributed by atoms with Gasteiger partial charge in [0.15, 0.2) is 0 Å². The van der Waals surface area contributed by atoms with E-state index in [9.17, 15) is 0 Å². The van der Waals surface area contributed by atoms with Crippen LogP contribution in [0.25, 0.3) is 0 Å². The molecule has 0 saturated heterocycles. The first kappa shape index (κ1) is 9.98. The van der Waals surface area contributed by atoms with Crippen molar-refractivity contribution < 1.29 is 0 Å². The zero-order chi connectivity index (χ0) is 10.8. The summed E-state index contributed by atoms with van der Waals surface area (Å²) >= 11 is 5.80. The van der Waals surface area contributed by atoms with E-state index in [1.165, 1.54) is 0 Å². The van der Waals surface area contributed by atoms with Gasteiger partial charge in [-0.2, -0.15) is 5.10 Å². The third-order valence-corrected chi connectivity index (χ3v) is 2.43. The van der Waals surface area contributed by atoms with Crippen LogP contribution in [0.5, 0.6) is 0 Å². The summed E-state index contributed by atoms with van der Waals surface area (Å²) in [6.07, 6.45) is 3.35. The highest BCUT2D eigenvalue weighted by atomic mass is 35.5. The highest BCUT2D eigenvalue weighted by Gasteiger charge is 2.05. The first-order valence-electron chi connectivity index (χ1n) is 4.55. The van der Waals surface area contributed by atoms with Crippen molar-refractivity contribution in [2.45, 2.75) is 13.5 Å². The maximum atomic E-state index is 5.80. The van der Waals surface area contributed by atoms with Crippen LogP contribution in [0, 0.1) is 6.92 Å². The summed E-state index contributed by atoms with van der Waals surface area (Å²) in [6, 6.07) is 3.95. The molecule has 0 saturated carbocycles. The summed E-state index contributed by atoms with van der Waals surface area (Å²) in [4.78, 5) is 4.20. The van der Waals surface area contributed by atoms with E-state index in [0.717, 1.165) is 11.3 Å². The molecular weight excluding hydrogens is 212 g/mol. The van der Waals surface area contributed by atoms with Gasteiger partial charge in [-0.15, -0.1) is 0 Å². The lowest BCUT2D eigenvalue weighted by atomic mass is 10.2. The average Bonchev–Trinajstić information content (AvgIpc) is 2.53. The molecule has 0 unspecified atom stereocenters. The molecule has 2 rings (SSSR count). The molecule has 2 N–H and O–H groups in total. The molecular formula is C10H11ClN4. The summed E-state index contributed by atoms with van der Waals surface area (Å²) in [5.41, 5.74) is 7.77. The SMILES string of the molecule is Cc1ccc(Cn2ncc(Cl)c2N)cn1. The molecule has 0 aliphatic heterocycles. The molecule has 2 aromatic heterocycles. The van der Waals surface area contributed by atoms with Crippen LogP contribution in [-0.2, 0) is 6.54 Å². The lowest BCUT2D eigenvalue weighted by Crippen LogP contribution is -2.06. The standard InChI is InChI=1S/C10H11ClN4/c1-7-2-3-8(4-13-7)6-15-10(12)9(11)5-14-15/h2-5H,6,12H2,1H3. The Morgan fingerprint density at radius 2 is 2.20 bits per heavy atom. The van der Waals surface area contributed by atoms with Crippen LogP contribution in [0.1, 0.15) is 11.3 Å². The van der Waals surface area contributed by atoms with Crippen LogP contribution in [0.4, 0.5) is 5.82 Å². The molecule has 0 bridgehead atoms. The van der Waals surface area contributed by atoms with Gasteiger partial charge in [-0.3, -0.25) is 4.98 Å². The predicted octanol–water partition coefficient (Wildman–Crippen LogP) is 1.87. The Hall–Kier alpha value is -1.55. The molecule has 4 nitrogen and oxygen atoms in total. The number of hydrogen-bond acceptors (Lipinski definition) is 3. The van der Waals surface area contributed by atoms with Gasteiger partial charge < -0.3 is 5.73 Å². The second-order valence-corrected chi connectivity index (χ2v) is 3.75. The number of nitrogens with two attached hydrogens (primary N) is 1. The van der Waals surface area contributed by atoms with Crippen LogP contribution < -0.4 is 5.73 Å². The molecule has 0 spiro atoms. The molecule has 15 heavy (non-hydrogen) atoms. The fraction of sp³-hybridized carbons (Fsp3) is 0.200. The number of nitrogen functional groups attached to an aromatic ring is 1. The molecule has 2 aromatic rings. The average molecular weight is 223 g/mol.